The number of ether oxygens (including phenoxy) is 2. The maximum absolute atomic E-state index is 14.0. The average molecular weight is 534 g/mol. The molecule has 0 saturated carbocycles. The van der Waals surface area contributed by atoms with E-state index in [1.165, 1.54) is 18.9 Å². The van der Waals surface area contributed by atoms with Crippen molar-refractivity contribution in [3.63, 3.8) is 0 Å². The molecule has 0 aliphatic carbocycles. The molecule has 2 aliphatic heterocycles. The van der Waals surface area contributed by atoms with Gasteiger partial charge in [-0.3, -0.25) is 0 Å². The number of piperidine rings is 2. The number of anilines is 3. The number of nitrogens with one attached hydrogen (secondary N) is 1. The summed E-state index contributed by atoms with van der Waals surface area (Å²) in [6.07, 6.45) is 8.76. The lowest BCUT2D eigenvalue weighted by Crippen LogP contribution is -2.34. The molecule has 2 aromatic carbocycles. The van der Waals surface area contributed by atoms with Crippen LogP contribution < -0.4 is 24.7 Å². The molecule has 0 spiro atoms. The van der Waals surface area contributed by atoms with Crippen molar-refractivity contribution in [3.8, 4) is 11.5 Å². The van der Waals surface area contributed by atoms with Gasteiger partial charge < -0.3 is 19.3 Å². The maximum atomic E-state index is 14.0. The highest BCUT2D eigenvalue weighted by Gasteiger charge is 2.20. The second kappa shape index (κ2) is 13.2. The molecule has 0 radical (unpaired) electrons. The predicted molar refractivity (Wildman–Crippen MR) is 152 cm³/mol. The van der Waals surface area contributed by atoms with Crippen LogP contribution in [0.5, 0.6) is 11.5 Å². The van der Waals surface area contributed by atoms with Gasteiger partial charge in [-0.05, 0) is 75.3 Å². The topological polar surface area (TPSA) is 88.0 Å². The van der Waals surface area contributed by atoms with Crippen molar-refractivity contribution in [2.75, 3.05) is 48.0 Å². The minimum atomic E-state index is -0.296. The van der Waals surface area contributed by atoms with E-state index >= 15 is 0 Å². The van der Waals surface area contributed by atoms with Crippen molar-refractivity contribution >= 4 is 24.1 Å². The van der Waals surface area contributed by atoms with Crippen LogP contribution in [0.3, 0.4) is 0 Å². The fourth-order valence-electron chi connectivity index (χ4n) is 4.80. The van der Waals surface area contributed by atoms with Gasteiger partial charge in [0.1, 0.15) is 12.4 Å². The number of benzene rings is 2. The van der Waals surface area contributed by atoms with Crippen LogP contribution in [0.25, 0.3) is 0 Å². The molecule has 3 aromatic rings. The van der Waals surface area contributed by atoms with Crippen LogP contribution in [-0.4, -0.2) is 54.0 Å². The molecule has 2 aliphatic rings. The van der Waals surface area contributed by atoms with Gasteiger partial charge in [0.2, 0.25) is 17.8 Å². The normalized spacial score (nSPS) is 15.9. The molecule has 0 atom stereocenters. The van der Waals surface area contributed by atoms with E-state index in [2.05, 4.69) is 30.3 Å². The van der Waals surface area contributed by atoms with Gasteiger partial charge in [-0.2, -0.15) is 20.1 Å². The first-order chi connectivity index (χ1) is 19.2. The molecule has 0 bridgehead atoms. The number of hydrogen-bond donors (Lipinski definition) is 1. The van der Waals surface area contributed by atoms with Crippen molar-refractivity contribution in [2.45, 2.75) is 52.1 Å². The van der Waals surface area contributed by atoms with Crippen molar-refractivity contribution in [1.29, 1.82) is 0 Å². The van der Waals surface area contributed by atoms with Gasteiger partial charge in [0.05, 0.1) is 12.8 Å². The van der Waals surface area contributed by atoms with E-state index in [0.717, 1.165) is 57.4 Å². The Kier molecular flexibility index (Phi) is 9.03. The Labute approximate surface area is 229 Å². The van der Waals surface area contributed by atoms with Gasteiger partial charge in [-0.25, -0.2) is 9.82 Å². The zero-order valence-corrected chi connectivity index (χ0v) is 22.5. The average Bonchev–Trinajstić information content (AvgIpc) is 2.98. The second-order valence-corrected chi connectivity index (χ2v) is 9.74. The molecular formula is C29H36FN7O2. The van der Waals surface area contributed by atoms with Gasteiger partial charge in [0, 0.05) is 31.7 Å². The van der Waals surface area contributed by atoms with Crippen molar-refractivity contribution in [1.82, 2.24) is 15.0 Å². The van der Waals surface area contributed by atoms with Gasteiger partial charge in [-0.15, -0.1) is 0 Å². The summed E-state index contributed by atoms with van der Waals surface area (Å²) in [5.41, 5.74) is 4.31. The van der Waals surface area contributed by atoms with E-state index < -0.39 is 0 Å². The zero-order valence-electron chi connectivity index (χ0n) is 22.5. The summed E-state index contributed by atoms with van der Waals surface area (Å²) in [5, 5.41) is 4.41. The highest BCUT2D eigenvalue weighted by molar-refractivity contribution is 5.81. The van der Waals surface area contributed by atoms with Crippen LogP contribution in [0.1, 0.15) is 56.6 Å². The number of aromatic nitrogens is 3. The first-order valence-electron chi connectivity index (χ1n) is 13.9. The van der Waals surface area contributed by atoms with E-state index in [9.17, 15) is 4.39 Å². The third-order valence-corrected chi connectivity index (χ3v) is 6.88. The van der Waals surface area contributed by atoms with Crippen LogP contribution in [0.15, 0.2) is 47.6 Å². The van der Waals surface area contributed by atoms with E-state index in [1.54, 1.807) is 30.5 Å². The predicted octanol–water partition coefficient (Wildman–Crippen LogP) is 5.42. The molecule has 1 aromatic heterocycles. The van der Waals surface area contributed by atoms with Crippen LogP contribution in [0, 0.1) is 5.82 Å². The van der Waals surface area contributed by atoms with Crippen LogP contribution in [0.4, 0.5) is 22.2 Å². The third-order valence-electron chi connectivity index (χ3n) is 6.88. The monoisotopic (exact) mass is 533 g/mol. The standard InChI is InChI=1S/C29H36FN7O2/c1-2-38-26-19-22(13-14-25(26)39-21-23-11-5-6-12-24(23)30)20-31-35-27-32-28(36-15-7-3-8-16-36)34-29(33-27)37-17-9-4-10-18-37/h5-6,11-14,19-20H,2-4,7-10,15-18,21H2,1H3,(H,32,33,34,35)/b31-20+. The van der Waals surface area contributed by atoms with E-state index in [-0.39, 0.29) is 12.4 Å². The second-order valence-electron chi connectivity index (χ2n) is 9.74. The van der Waals surface area contributed by atoms with E-state index in [1.807, 2.05) is 19.1 Å². The fraction of sp³-hybridized carbons (Fsp3) is 0.448. The molecule has 2 fully saturated rings. The Morgan fingerprint density at radius 3 is 2.15 bits per heavy atom. The Hall–Kier alpha value is -3.95. The Bertz CT molecular complexity index is 1220. The lowest BCUT2D eigenvalue weighted by molar-refractivity contribution is 0.266. The summed E-state index contributed by atoms with van der Waals surface area (Å²) in [4.78, 5) is 18.7. The molecule has 2 saturated heterocycles. The van der Waals surface area contributed by atoms with Crippen LogP contribution >= 0.6 is 0 Å². The van der Waals surface area contributed by atoms with Gasteiger partial charge >= 0.3 is 0 Å². The van der Waals surface area contributed by atoms with Gasteiger partial charge in [-0.1, -0.05) is 18.2 Å². The lowest BCUT2D eigenvalue weighted by Gasteiger charge is -2.30. The molecule has 39 heavy (non-hydrogen) atoms. The zero-order chi connectivity index (χ0) is 26.9. The van der Waals surface area contributed by atoms with Crippen molar-refractivity contribution in [3.05, 3.63) is 59.4 Å². The summed E-state index contributed by atoms with van der Waals surface area (Å²) >= 11 is 0. The Balaban J connectivity index is 1.30. The maximum Gasteiger partial charge on any atom is 0.250 e. The molecule has 10 heteroatoms. The van der Waals surface area contributed by atoms with Crippen molar-refractivity contribution < 1.29 is 13.9 Å². The first-order valence-corrected chi connectivity index (χ1v) is 13.9. The molecule has 5 rings (SSSR count). The van der Waals surface area contributed by atoms with Crippen LogP contribution in [0.2, 0.25) is 0 Å². The van der Waals surface area contributed by atoms with Crippen LogP contribution in [-0.2, 0) is 6.61 Å². The summed E-state index contributed by atoms with van der Waals surface area (Å²) in [5.74, 6) is 2.65. The molecule has 1 N–H and O–H groups in total. The molecule has 0 unspecified atom stereocenters. The largest absolute Gasteiger partial charge is 0.490 e. The molecule has 0 amide bonds. The highest BCUT2D eigenvalue weighted by Crippen LogP contribution is 2.29. The highest BCUT2D eigenvalue weighted by atomic mass is 19.1. The molecule has 206 valence electrons. The SMILES string of the molecule is CCOc1cc(/C=N/Nc2nc(N3CCCCC3)nc(N3CCCCC3)n2)ccc1OCc1ccccc1F. The van der Waals surface area contributed by atoms with Gasteiger partial charge in [0.15, 0.2) is 11.5 Å². The van der Waals surface area contributed by atoms with E-state index in [0.29, 0.717) is 41.5 Å². The van der Waals surface area contributed by atoms with Gasteiger partial charge in [0.25, 0.3) is 0 Å². The summed E-state index contributed by atoms with van der Waals surface area (Å²) in [6, 6.07) is 12.1. The minimum absolute atomic E-state index is 0.111. The Morgan fingerprint density at radius 1 is 0.846 bits per heavy atom. The first kappa shape index (κ1) is 26.6. The quantitative estimate of drug-likeness (QED) is 0.273. The smallest absolute Gasteiger partial charge is 0.250 e. The molecule has 3 heterocycles. The minimum Gasteiger partial charge on any atom is -0.490 e. The lowest BCUT2D eigenvalue weighted by atomic mass is 10.1. The summed E-state index contributed by atoms with van der Waals surface area (Å²) in [6.45, 7) is 6.31. The number of hydrogen-bond acceptors (Lipinski definition) is 9. The van der Waals surface area contributed by atoms with E-state index in [4.69, 9.17) is 14.5 Å². The molecular weight excluding hydrogens is 497 g/mol. The number of halogens is 1. The number of nitrogens with zero attached hydrogens (tertiary/aromatic N) is 6. The van der Waals surface area contributed by atoms with Crippen molar-refractivity contribution in [2.24, 2.45) is 5.10 Å². The summed E-state index contributed by atoms with van der Waals surface area (Å²) in [7, 11) is 0. The fourth-order valence-corrected chi connectivity index (χ4v) is 4.80. The number of rotatable bonds is 10. The number of hydrazone groups is 1. The Morgan fingerprint density at radius 2 is 1.51 bits per heavy atom. The third kappa shape index (κ3) is 7.13. The molecule has 9 nitrogen and oxygen atoms in total. The summed E-state index contributed by atoms with van der Waals surface area (Å²) < 4.78 is 25.6.